The van der Waals surface area contributed by atoms with Crippen LogP contribution in [0.5, 0.6) is 0 Å². The Morgan fingerprint density at radius 2 is 2.00 bits per heavy atom. The second-order valence-corrected chi connectivity index (χ2v) is 4.82. The molecule has 20 heavy (non-hydrogen) atoms. The summed E-state index contributed by atoms with van der Waals surface area (Å²) in [5.74, 6) is -0.174. The van der Waals surface area contributed by atoms with Crippen molar-refractivity contribution in [3.63, 3.8) is 0 Å². The van der Waals surface area contributed by atoms with Gasteiger partial charge in [-0.3, -0.25) is 0 Å². The van der Waals surface area contributed by atoms with Gasteiger partial charge in [0.25, 0.3) is 0 Å². The first-order valence-electron chi connectivity index (χ1n) is 6.65. The fraction of sp³-hybridized carbons (Fsp3) is 0.188. The molecular formula is C16H16FN3. The van der Waals surface area contributed by atoms with Gasteiger partial charge in [-0.2, -0.15) is 5.10 Å². The second kappa shape index (κ2) is 5.43. The van der Waals surface area contributed by atoms with Crippen molar-refractivity contribution in [1.82, 2.24) is 14.9 Å². The maximum Gasteiger partial charge on any atom is 0.127 e. The highest BCUT2D eigenvalue weighted by Crippen LogP contribution is 2.17. The highest BCUT2D eigenvalue weighted by molar-refractivity contribution is 5.53. The number of nitrogens with one attached hydrogen (secondary N) is 1. The van der Waals surface area contributed by atoms with Crippen molar-refractivity contribution >= 4 is 5.52 Å². The molecule has 1 aromatic carbocycles. The number of aromatic nitrogens is 2. The molecule has 0 aliphatic heterocycles. The van der Waals surface area contributed by atoms with Crippen molar-refractivity contribution in [3.05, 3.63) is 71.8 Å². The Balaban J connectivity index is 1.75. The fourth-order valence-corrected chi connectivity index (χ4v) is 2.32. The van der Waals surface area contributed by atoms with Crippen molar-refractivity contribution < 1.29 is 4.39 Å². The molecule has 102 valence electrons. The lowest BCUT2D eigenvalue weighted by Crippen LogP contribution is -2.19. The Morgan fingerprint density at radius 1 is 1.20 bits per heavy atom. The molecule has 0 amide bonds. The van der Waals surface area contributed by atoms with E-state index in [0.29, 0.717) is 12.1 Å². The minimum absolute atomic E-state index is 0.0464. The number of halogens is 1. The minimum Gasteiger partial charge on any atom is -0.306 e. The molecule has 3 rings (SSSR count). The van der Waals surface area contributed by atoms with E-state index in [2.05, 4.69) is 10.4 Å². The molecule has 3 aromatic rings. The topological polar surface area (TPSA) is 29.3 Å². The highest BCUT2D eigenvalue weighted by Gasteiger charge is 2.10. The molecule has 0 spiro atoms. The number of pyridine rings is 1. The van der Waals surface area contributed by atoms with Crippen molar-refractivity contribution in [2.45, 2.75) is 19.5 Å². The van der Waals surface area contributed by atoms with Crippen LogP contribution in [-0.4, -0.2) is 9.61 Å². The first-order chi connectivity index (χ1) is 9.75. The summed E-state index contributed by atoms with van der Waals surface area (Å²) in [6, 6.07) is 12.8. The predicted octanol–water partition coefficient (Wildman–Crippen LogP) is 3.32. The summed E-state index contributed by atoms with van der Waals surface area (Å²) >= 11 is 0. The van der Waals surface area contributed by atoms with E-state index in [9.17, 15) is 4.39 Å². The van der Waals surface area contributed by atoms with Crippen LogP contribution >= 0.6 is 0 Å². The van der Waals surface area contributed by atoms with Gasteiger partial charge in [0, 0.05) is 29.9 Å². The summed E-state index contributed by atoms with van der Waals surface area (Å²) in [5.41, 5.74) is 2.86. The standard InChI is InChI=1S/C16H16FN3/c1-12(14-6-2-3-7-15(14)17)18-10-13-11-19-20-9-5-4-8-16(13)20/h2-9,11-12,18H,10H2,1H3/t12-/m1/s1. The molecule has 0 aliphatic rings. The van der Waals surface area contributed by atoms with Crippen LogP contribution in [0.1, 0.15) is 24.1 Å². The van der Waals surface area contributed by atoms with Gasteiger partial charge in [-0.1, -0.05) is 24.3 Å². The van der Waals surface area contributed by atoms with Gasteiger partial charge in [-0.05, 0) is 25.1 Å². The molecule has 0 saturated heterocycles. The van der Waals surface area contributed by atoms with Crippen LogP contribution in [0.15, 0.2) is 54.9 Å². The van der Waals surface area contributed by atoms with Crippen LogP contribution in [0.3, 0.4) is 0 Å². The van der Waals surface area contributed by atoms with E-state index < -0.39 is 0 Å². The van der Waals surface area contributed by atoms with Gasteiger partial charge in [0.15, 0.2) is 0 Å². The molecule has 2 heterocycles. The summed E-state index contributed by atoms with van der Waals surface area (Å²) in [6.45, 7) is 2.62. The van der Waals surface area contributed by atoms with Gasteiger partial charge in [-0.25, -0.2) is 8.91 Å². The molecule has 4 heteroatoms. The van der Waals surface area contributed by atoms with Crippen LogP contribution in [0.2, 0.25) is 0 Å². The van der Waals surface area contributed by atoms with Gasteiger partial charge < -0.3 is 5.32 Å². The Hall–Kier alpha value is -2.20. The largest absolute Gasteiger partial charge is 0.306 e. The SMILES string of the molecule is C[C@@H](NCc1cnn2ccccc12)c1ccccc1F. The van der Waals surface area contributed by atoms with E-state index >= 15 is 0 Å². The van der Waals surface area contributed by atoms with Crippen LogP contribution in [0.25, 0.3) is 5.52 Å². The van der Waals surface area contributed by atoms with Crippen molar-refractivity contribution in [2.75, 3.05) is 0 Å². The maximum atomic E-state index is 13.7. The van der Waals surface area contributed by atoms with Gasteiger partial charge in [-0.15, -0.1) is 0 Å². The van der Waals surface area contributed by atoms with Crippen LogP contribution < -0.4 is 5.32 Å². The number of benzene rings is 1. The Kier molecular flexibility index (Phi) is 3.48. The Labute approximate surface area is 117 Å². The van der Waals surface area contributed by atoms with Crippen molar-refractivity contribution in [3.8, 4) is 0 Å². The summed E-state index contributed by atoms with van der Waals surface area (Å²) in [4.78, 5) is 0. The average Bonchev–Trinajstić information content (AvgIpc) is 2.88. The molecule has 0 unspecified atom stereocenters. The molecule has 0 bridgehead atoms. The van der Waals surface area contributed by atoms with Gasteiger partial charge in [0.05, 0.1) is 11.7 Å². The molecule has 3 nitrogen and oxygen atoms in total. The third kappa shape index (κ3) is 2.42. The third-order valence-electron chi connectivity index (χ3n) is 3.48. The lowest BCUT2D eigenvalue weighted by molar-refractivity contribution is 0.529. The molecule has 0 aliphatic carbocycles. The van der Waals surface area contributed by atoms with Gasteiger partial charge >= 0.3 is 0 Å². The number of hydrogen-bond donors (Lipinski definition) is 1. The zero-order chi connectivity index (χ0) is 13.9. The fourth-order valence-electron chi connectivity index (χ4n) is 2.32. The summed E-state index contributed by atoms with van der Waals surface area (Å²) in [6.07, 6.45) is 3.76. The maximum absolute atomic E-state index is 13.7. The quantitative estimate of drug-likeness (QED) is 0.787. The molecule has 2 aromatic heterocycles. The third-order valence-corrected chi connectivity index (χ3v) is 3.48. The molecule has 1 atom stereocenters. The monoisotopic (exact) mass is 269 g/mol. The van der Waals surface area contributed by atoms with E-state index in [0.717, 1.165) is 11.1 Å². The van der Waals surface area contributed by atoms with Gasteiger partial charge in [0.1, 0.15) is 5.82 Å². The summed E-state index contributed by atoms with van der Waals surface area (Å²) in [5, 5.41) is 7.63. The van der Waals surface area contributed by atoms with Gasteiger partial charge in [0.2, 0.25) is 0 Å². The van der Waals surface area contributed by atoms with E-state index in [1.165, 1.54) is 6.07 Å². The summed E-state index contributed by atoms with van der Waals surface area (Å²) < 4.78 is 15.5. The molecule has 0 fully saturated rings. The van der Waals surface area contributed by atoms with E-state index in [-0.39, 0.29) is 11.9 Å². The van der Waals surface area contributed by atoms with E-state index in [1.54, 1.807) is 6.07 Å². The Bertz CT molecular complexity index is 720. The average molecular weight is 269 g/mol. The van der Waals surface area contributed by atoms with Crippen molar-refractivity contribution in [2.24, 2.45) is 0 Å². The number of nitrogens with zero attached hydrogens (tertiary/aromatic N) is 2. The second-order valence-electron chi connectivity index (χ2n) is 4.82. The smallest absolute Gasteiger partial charge is 0.127 e. The molecular weight excluding hydrogens is 253 g/mol. The van der Waals surface area contributed by atoms with E-state index in [4.69, 9.17) is 0 Å². The first-order valence-corrected chi connectivity index (χ1v) is 6.65. The van der Waals surface area contributed by atoms with Crippen LogP contribution in [-0.2, 0) is 6.54 Å². The minimum atomic E-state index is -0.174. The zero-order valence-electron chi connectivity index (χ0n) is 11.3. The van der Waals surface area contributed by atoms with Crippen LogP contribution in [0.4, 0.5) is 4.39 Å². The van der Waals surface area contributed by atoms with Crippen LogP contribution in [0, 0.1) is 5.82 Å². The number of rotatable bonds is 4. The highest BCUT2D eigenvalue weighted by atomic mass is 19.1. The zero-order valence-corrected chi connectivity index (χ0v) is 11.3. The predicted molar refractivity (Wildman–Crippen MR) is 76.8 cm³/mol. The molecule has 0 radical (unpaired) electrons. The van der Waals surface area contributed by atoms with E-state index in [1.807, 2.05) is 54.2 Å². The lowest BCUT2D eigenvalue weighted by atomic mass is 10.1. The first kappa shape index (κ1) is 12.8. The number of hydrogen-bond acceptors (Lipinski definition) is 2. The molecule has 1 N–H and O–H groups in total. The molecule has 0 saturated carbocycles. The summed E-state index contributed by atoms with van der Waals surface area (Å²) in [7, 11) is 0. The number of fused-ring (bicyclic) bond motifs is 1. The normalized spacial score (nSPS) is 12.7. The lowest BCUT2D eigenvalue weighted by Gasteiger charge is -2.14. The Morgan fingerprint density at radius 3 is 2.85 bits per heavy atom. The van der Waals surface area contributed by atoms with Crippen molar-refractivity contribution in [1.29, 1.82) is 0 Å².